The molecule has 1 aromatic heterocycles. The van der Waals surface area contributed by atoms with E-state index >= 15 is 0 Å². The Morgan fingerprint density at radius 3 is 2.89 bits per heavy atom. The van der Waals surface area contributed by atoms with Crippen LogP contribution in [0.5, 0.6) is 0 Å². The number of rotatable bonds is 8. The minimum atomic E-state index is -0.214. The summed E-state index contributed by atoms with van der Waals surface area (Å²) in [5.74, 6) is -0.214. The van der Waals surface area contributed by atoms with E-state index in [0.29, 0.717) is 29.9 Å². The molecule has 1 amide bonds. The Labute approximate surface area is 158 Å². The van der Waals surface area contributed by atoms with Crippen molar-refractivity contribution in [1.29, 1.82) is 5.41 Å². The molecule has 0 radical (unpaired) electrons. The van der Waals surface area contributed by atoms with Gasteiger partial charge in [0.2, 0.25) is 0 Å². The van der Waals surface area contributed by atoms with Gasteiger partial charge in [0.25, 0.3) is 5.91 Å². The molecule has 0 aliphatic carbocycles. The maximum absolute atomic E-state index is 12.5. The van der Waals surface area contributed by atoms with Crippen molar-refractivity contribution in [2.24, 2.45) is 0 Å². The molecule has 1 saturated heterocycles. The topological polar surface area (TPSA) is 105 Å². The lowest BCUT2D eigenvalue weighted by atomic mass is 10.1. The number of ether oxygens (including phenoxy) is 1. The van der Waals surface area contributed by atoms with Gasteiger partial charge < -0.3 is 20.8 Å². The van der Waals surface area contributed by atoms with Crippen LogP contribution in [0, 0.1) is 5.41 Å². The fourth-order valence-corrected chi connectivity index (χ4v) is 2.80. The number of amides is 1. The standard InChI is InChI=1S/C19H24N6O2/c20-15(8-10-21-18-7-3-4-14-27-18)9-11-22-19(26)16-5-1-2-6-17(16)25-23-12-13-24-25/h1-2,5-6,8,10,12-13,18,20-21H,3-4,7,9,11,14H2,(H,22,26)/b10-8-,20-15?. The number of hydrogen-bond acceptors (Lipinski definition) is 6. The van der Waals surface area contributed by atoms with Gasteiger partial charge in [-0.1, -0.05) is 12.1 Å². The molecule has 3 rings (SSSR count). The minimum Gasteiger partial charge on any atom is -0.366 e. The molecule has 0 bridgehead atoms. The first-order valence-electron chi connectivity index (χ1n) is 9.09. The molecule has 1 unspecified atom stereocenters. The summed E-state index contributed by atoms with van der Waals surface area (Å²) < 4.78 is 5.56. The van der Waals surface area contributed by atoms with E-state index in [1.54, 1.807) is 42.9 Å². The Hall–Kier alpha value is -3.00. The molecule has 1 fully saturated rings. The zero-order chi connectivity index (χ0) is 18.9. The van der Waals surface area contributed by atoms with Crippen molar-refractivity contribution in [2.45, 2.75) is 31.9 Å². The normalized spacial score (nSPS) is 17.0. The van der Waals surface area contributed by atoms with E-state index in [0.717, 1.165) is 25.9 Å². The lowest BCUT2D eigenvalue weighted by Gasteiger charge is -2.22. The number of carbonyl (C=O) groups is 1. The van der Waals surface area contributed by atoms with Crippen LogP contribution in [0.2, 0.25) is 0 Å². The third-order valence-electron chi connectivity index (χ3n) is 4.21. The minimum absolute atomic E-state index is 0.0370. The number of para-hydroxylation sites is 1. The monoisotopic (exact) mass is 368 g/mol. The average Bonchev–Trinajstić information content (AvgIpc) is 3.23. The Morgan fingerprint density at radius 2 is 2.11 bits per heavy atom. The zero-order valence-electron chi connectivity index (χ0n) is 15.1. The van der Waals surface area contributed by atoms with Crippen molar-refractivity contribution in [3.05, 3.63) is 54.5 Å². The van der Waals surface area contributed by atoms with Gasteiger partial charge in [-0.3, -0.25) is 4.79 Å². The van der Waals surface area contributed by atoms with Gasteiger partial charge in [0.1, 0.15) is 6.23 Å². The summed E-state index contributed by atoms with van der Waals surface area (Å²) >= 11 is 0. The molecule has 1 aliphatic heterocycles. The molecule has 8 nitrogen and oxygen atoms in total. The first-order valence-corrected chi connectivity index (χ1v) is 9.09. The van der Waals surface area contributed by atoms with Crippen molar-refractivity contribution in [1.82, 2.24) is 25.6 Å². The molecule has 1 aliphatic rings. The van der Waals surface area contributed by atoms with Crippen LogP contribution >= 0.6 is 0 Å². The molecule has 0 saturated carbocycles. The molecule has 2 aromatic rings. The van der Waals surface area contributed by atoms with Gasteiger partial charge in [-0.2, -0.15) is 15.0 Å². The smallest absolute Gasteiger partial charge is 0.253 e. The van der Waals surface area contributed by atoms with Crippen LogP contribution in [0.4, 0.5) is 0 Å². The third-order valence-corrected chi connectivity index (χ3v) is 4.21. The first kappa shape index (κ1) is 18.8. The van der Waals surface area contributed by atoms with Gasteiger partial charge in [-0.05, 0) is 37.5 Å². The Balaban J connectivity index is 1.45. The van der Waals surface area contributed by atoms with E-state index < -0.39 is 0 Å². The van der Waals surface area contributed by atoms with Crippen molar-refractivity contribution >= 4 is 11.6 Å². The van der Waals surface area contributed by atoms with Gasteiger partial charge in [0, 0.05) is 31.5 Å². The Morgan fingerprint density at radius 1 is 1.30 bits per heavy atom. The molecular weight excluding hydrogens is 344 g/mol. The highest BCUT2D eigenvalue weighted by atomic mass is 16.5. The number of nitrogens with one attached hydrogen (secondary N) is 3. The van der Waals surface area contributed by atoms with E-state index in [2.05, 4.69) is 20.8 Å². The molecule has 3 N–H and O–H groups in total. The van der Waals surface area contributed by atoms with Crippen molar-refractivity contribution < 1.29 is 9.53 Å². The summed E-state index contributed by atoms with van der Waals surface area (Å²) in [4.78, 5) is 13.9. The largest absolute Gasteiger partial charge is 0.366 e. The van der Waals surface area contributed by atoms with Gasteiger partial charge in [-0.25, -0.2) is 0 Å². The highest BCUT2D eigenvalue weighted by Crippen LogP contribution is 2.12. The molecule has 8 heteroatoms. The summed E-state index contributed by atoms with van der Waals surface area (Å²) in [5, 5.41) is 22.1. The summed E-state index contributed by atoms with van der Waals surface area (Å²) in [6.07, 6.45) is 10.3. The van der Waals surface area contributed by atoms with E-state index in [4.69, 9.17) is 10.1 Å². The number of hydrogen-bond donors (Lipinski definition) is 3. The van der Waals surface area contributed by atoms with Crippen molar-refractivity contribution in [3.63, 3.8) is 0 Å². The van der Waals surface area contributed by atoms with Crippen LogP contribution in [0.1, 0.15) is 36.0 Å². The van der Waals surface area contributed by atoms with E-state index in [-0.39, 0.29) is 12.1 Å². The molecule has 2 heterocycles. The fraction of sp³-hybridized carbons (Fsp3) is 0.368. The van der Waals surface area contributed by atoms with Crippen LogP contribution in [-0.2, 0) is 4.74 Å². The quantitative estimate of drug-likeness (QED) is 0.619. The summed E-state index contributed by atoms with van der Waals surface area (Å²) in [7, 11) is 0. The maximum atomic E-state index is 12.5. The zero-order valence-corrected chi connectivity index (χ0v) is 15.1. The van der Waals surface area contributed by atoms with Crippen LogP contribution in [-0.4, -0.2) is 46.0 Å². The predicted octanol–water partition coefficient (Wildman–Crippen LogP) is 2.04. The maximum Gasteiger partial charge on any atom is 0.253 e. The highest BCUT2D eigenvalue weighted by molar-refractivity contribution is 5.98. The van der Waals surface area contributed by atoms with Gasteiger partial charge in [0.05, 0.1) is 23.6 Å². The number of benzene rings is 1. The first-order chi connectivity index (χ1) is 13.2. The van der Waals surface area contributed by atoms with E-state index in [1.807, 2.05) is 6.07 Å². The van der Waals surface area contributed by atoms with Crippen LogP contribution in [0.15, 0.2) is 48.9 Å². The number of carbonyl (C=O) groups excluding carboxylic acids is 1. The SMILES string of the molecule is N=C(/C=C\NC1CCCCO1)CCNC(=O)c1ccccc1-n1nccn1. The van der Waals surface area contributed by atoms with Gasteiger partial charge in [-0.15, -0.1) is 0 Å². The lowest BCUT2D eigenvalue weighted by Crippen LogP contribution is -2.31. The second-order valence-corrected chi connectivity index (χ2v) is 6.22. The highest BCUT2D eigenvalue weighted by Gasteiger charge is 2.13. The van der Waals surface area contributed by atoms with Gasteiger partial charge in [0.15, 0.2) is 0 Å². The van der Waals surface area contributed by atoms with Crippen molar-refractivity contribution in [3.8, 4) is 5.69 Å². The Bertz CT molecular complexity index is 781. The van der Waals surface area contributed by atoms with Crippen LogP contribution in [0.3, 0.4) is 0 Å². The predicted molar refractivity (Wildman–Crippen MR) is 102 cm³/mol. The average molecular weight is 368 g/mol. The summed E-state index contributed by atoms with van der Waals surface area (Å²) in [6.45, 7) is 1.16. The summed E-state index contributed by atoms with van der Waals surface area (Å²) in [6, 6.07) is 7.15. The number of aromatic nitrogens is 3. The molecular formula is C19H24N6O2. The van der Waals surface area contributed by atoms with E-state index in [9.17, 15) is 4.79 Å². The molecule has 142 valence electrons. The fourth-order valence-electron chi connectivity index (χ4n) is 2.80. The van der Waals surface area contributed by atoms with Crippen LogP contribution < -0.4 is 10.6 Å². The molecule has 27 heavy (non-hydrogen) atoms. The van der Waals surface area contributed by atoms with Crippen molar-refractivity contribution in [2.75, 3.05) is 13.2 Å². The molecule has 0 spiro atoms. The second-order valence-electron chi connectivity index (χ2n) is 6.22. The summed E-state index contributed by atoms with van der Waals surface area (Å²) in [5.41, 5.74) is 1.54. The number of allylic oxidation sites excluding steroid dienone is 1. The van der Waals surface area contributed by atoms with Gasteiger partial charge >= 0.3 is 0 Å². The second kappa shape index (κ2) is 9.63. The van der Waals surface area contributed by atoms with E-state index in [1.165, 1.54) is 4.80 Å². The van der Waals surface area contributed by atoms with Crippen LogP contribution in [0.25, 0.3) is 5.69 Å². The Kier molecular flexibility index (Phi) is 6.70. The third kappa shape index (κ3) is 5.49. The molecule has 1 atom stereocenters. The number of nitrogens with zero attached hydrogens (tertiary/aromatic N) is 3. The lowest BCUT2D eigenvalue weighted by molar-refractivity contribution is 0.00339. The molecule has 1 aromatic carbocycles.